The van der Waals surface area contributed by atoms with Gasteiger partial charge in [0.25, 0.3) is 0 Å². The number of fused-ring (bicyclic) bond motifs is 1. The van der Waals surface area contributed by atoms with Crippen LogP contribution in [0.15, 0.2) is 54.6 Å². The molecule has 2 aromatic rings. The molecule has 2 aromatic carbocycles. The first-order valence-electron chi connectivity index (χ1n) is 9.07. The SMILES string of the molecule is CC(C)(C)c1ccc2c(c1)C(C)(C)CP2(=O)C/C=C/c1ccccc1. The van der Waals surface area contributed by atoms with Crippen LogP contribution >= 0.6 is 7.14 Å². The minimum atomic E-state index is -2.38. The zero-order valence-corrected chi connectivity index (χ0v) is 16.9. The van der Waals surface area contributed by atoms with Gasteiger partial charge in [-0.3, -0.25) is 0 Å². The normalized spacial score (nSPS) is 22.3. The minimum Gasteiger partial charge on any atom is -0.318 e. The lowest BCUT2D eigenvalue weighted by atomic mass is 9.81. The van der Waals surface area contributed by atoms with Gasteiger partial charge in [-0.2, -0.15) is 0 Å². The summed E-state index contributed by atoms with van der Waals surface area (Å²) in [5.74, 6) is 0. The van der Waals surface area contributed by atoms with E-state index in [0.29, 0.717) is 6.16 Å². The number of hydrogen-bond acceptors (Lipinski definition) is 1. The van der Waals surface area contributed by atoms with Gasteiger partial charge in [-0.15, -0.1) is 0 Å². The van der Waals surface area contributed by atoms with Gasteiger partial charge >= 0.3 is 0 Å². The van der Waals surface area contributed by atoms with Gasteiger partial charge in [0, 0.05) is 17.6 Å². The van der Waals surface area contributed by atoms with Crippen molar-refractivity contribution in [1.29, 1.82) is 0 Å². The highest BCUT2D eigenvalue weighted by atomic mass is 31.2. The number of allylic oxidation sites excluding steroid dienone is 1. The van der Waals surface area contributed by atoms with Gasteiger partial charge in [-0.05, 0) is 27.5 Å². The van der Waals surface area contributed by atoms with E-state index in [1.54, 1.807) is 0 Å². The molecule has 0 saturated carbocycles. The summed E-state index contributed by atoms with van der Waals surface area (Å²) in [7, 11) is -2.38. The molecular weight excluding hydrogens is 323 g/mol. The van der Waals surface area contributed by atoms with Crippen molar-refractivity contribution >= 4 is 18.5 Å². The first kappa shape index (κ1) is 18.2. The summed E-state index contributed by atoms with van der Waals surface area (Å²) < 4.78 is 13.8. The second-order valence-corrected chi connectivity index (χ2v) is 11.9. The lowest BCUT2D eigenvalue weighted by molar-refractivity contribution is 0.560. The monoisotopic (exact) mass is 352 g/mol. The van der Waals surface area contributed by atoms with Gasteiger partial charge in [0.1, 0.15) is 7.14 Å². The van der Waals surface area contributed by atoms with Crippen LogP contribution < -0.4 is 5.30 Å². The molecule has 1 aliphatic rings. The average molecular weight is 352 g/mol. The van der Waals surface area contributed by atoms with Crippen LogP contribution in [0.1, 0.15) is 51.3 Å². The van der Waals surface area contributed by atoms with Crippen LogP contribution in [0.5, 0.6) is 0 Å². The van der Waals surface area contributed by atoms with E-state index in [2.05, 4.69) is 77.1 Å². The summed E-state index contributed by atoms with van der Waals surface area (Å²) in [5, 5.41) is 1.10. The van der Waals surface area contributed by atoms with Gasteiger partial charge in [0.05, 0.1) is 0 Å². The summed E-state index contributed by atoms with van der Waals surface area (Å²) in [6.45, 7) is 11.2. The predicted octanol–water partition coefficient (Wildman–Crippen LogP) is 5.98. The highest BCUT2D eigenvalue weighted by molar-refractivity contribution is 7.72. The van der Waals surface area contributed by atoms with Crippen LogP contribution in [0, 0.1) is 0 Å². The molecule has 1 aliphatic heterocycles. The molecule has 0 saturated heterocycles. The second kappa shape index (κ2) is 6.29. The lowest BCUT2D eigenvalue weighted by Crippen LogP contribution is -2.20. The molecular formula is C23H29OP. The van der Waals surface area contributed by atoms with Crippen molar-refractivity contribution in [3.63, 3.8) is 0 Å². The Morgan fingerprint density at radius 2 is 1.76 bits per heavy atom. The molecule has 25 heavy (non-hydrogen) atoms. The Labute approximate surface area is 152 Å². The number of benzene rings is 2. The fourth-order valence-corrected chi connectivity index (χ4v) is 7.34. The van der Waals surface area contributed by atoms with Crippen molar-refractivity contribution in [2.45, 2.75) is 45.4 Å². The summed E-state index contributed by atoms with van der Waals surface area (Å²) in [6.07, 6.45) is 5.60. The molecule has 0 aliphatic carbocycles. The van der Waals surface area contributed by atoms with Crippen LogP contribution in [0.4, 0.5) is 0 Å². The zero-order valence-electron chi connectivity index (χ0n) is 16.0. The highest BCUT2D eigenvalue weighted by Gasteiger charge is 2.44. The second-order valence-electron chi connectivity index (χ2n) is 8.91. The quantitative estimate of drug-likeness (QED) is 0.621. The molecule has 1 unspecified atom stereocenters. The molecule has 0 bridgehead atoms. The first-order chi connectivity index (χ1) is 11.6. The Bertz CT molecular complexity index is 838. The van der Waals surface area contributed by atoms with E-state index in [-0.39, 0.29) is 10.8 Å². The average Bonchev–Trinajstić information content (AvgIpc) is 2.74. The van der Waals surface area contributed by atoms with E-state index in [1.165, 1.54) is 11.1 Å². The van der Waals surface area contributed by atoms with Gasteiger partial charge < -0.3 is 4.57 Å². The summed E-state index contributed by atoms with van der Waals surface area (Å²) in [4.78, 5) is 0. The van der Waals surface area contributed by atoms with Crippen LogP contribution in [-0.4, -0.2) is 12.3 Å². The van der Waals surface area contributed by atoms with Crippen molar-refractivity contribution in [1.82, 2.24) is 0 Å². The first-order valence-corrected chi connectivity index (χ1v) is 11.1. The minimum absolute atomic E-state index is 0.0211. The molecule has 0 spiro atoms. The Morgan fingerprint density at radius 1 is 1.08 bits per heavy atom. The highest BCUT2D eigenvalue weighted by Crippen LogP contribution is 2.57. The molecule has 1 nitrogen and oxygen atoms in total. The predicted molar refractivity (Wildman–Crippen MR) is 111 cm³/mol. The van der Waals surface area contributed by atoms with Crippen molar-refractivity contribution < 1.29 is 4.57 Å². The summed E-state index contributed by atoms with van der Waals surface area (Å²) >= 11 is 0. The molecule has 1 heterocycles. The van der Waals surface area contributed by atoms with Gasteiger partial charge in [-0.1, -0.05) is 95.3 Å². The van der Waals surface area contributed by atoms with Crippen molar-refractivity contribution in [3.8, 4) is 0 Å². The van der Waals surface area contributed by atoms with E-state index in [1.807, 2.05) is 18.2 Å². The number of rotatable bonds is 3. The molecule has 132 valence electrons. The molecule has 0 amide bonds. The largest absolute Gasteiger partial charge is 0.318 e. The smallest absolute Gasteiger partial charge is 0.120 e. The Morgan fingerprint density at radius 3 is 2.40 bits per heavy atom. The van der Waals surface area contributed by atoms with Crippen molar-refractivity contribution in [3.05, 3.63) is 71.3 Å². The summed E-state index contributed by atoms with van der Waals surface area (Å²) in [6, 6.07) is 16.9. The molecule has 0 fully saturated rings. The standard InChI is InChI=1S/C23H29OP/c1-22(2,3)19-13-14-21-20(16-19)23(4,5)17-25(21,24)15-9-12-18-10-7-6-8-11-18/h6-14,16H,15,17H2,1-5H3/b12-9+. The van der Waals surface area contributed by atoms with Crippen LogP contribution in [0.2, 0.25) is 0 Å². The summed E-state index contributed by atoms with van der Waals surface area (Å²) in [5.41, 5.74) is 3.87. The Hall–Kier alpha value is -1.59. The van der Waals surface area contributed by atoms with Gasteiger partial charge in [-0.25, -0.2) is 0 Å². The van der Waals surface area contributed by atoms with Crippen LogP contribution in [-0.2, 0) is 15.4 Å². The van der Waals surface area contributed by atoms with Crippen LogP contribution in [0.25, 0.3) is 6.08 Å². The fraction of sp³-hybridized carbons (Fsp3) is 0.391. The lowest BCUT2D eigenvalue weighted by Gasteiger charge is -2.23. The van der Waals surface area contributed by atoms with E-state index in [9.17, 15) is 4.57 Å². The van der Waals surface area contributed by atoms with Gasteiger partial charge in [0.2, 0.25) is 0 Å². The van der Waals surface area contributed by atoms with E-state index in [4.69, 9.17) is 0 Å². The molecule has 1 atom stereocenters. The van der Waals surface area contributed by atoms with Gasteiger partial charge in [0.15, 0.2) is 0 Å². The van der Waals surface area contributed by atoms with E-state index >= 15 is 0 Å². The molecule has 0 radical (unpaired) electrons. The third-order valence-corrected chi connectivity index (χ3v) is 8.56. The molecule has 0 N–H and O–H groups in total. The number of hydrogen-bond donors (Lipinski definition) is 0. The molecule has 3 rings (SSSR count). The zero-order chi connectivity index (χ0) is 18.3. The Kier molecular flexibility index (Phi) is 4.58. The van der Waals surface area contributed by atoms with Crippen LogP contribution in [0.3, 0.4) is 0 Å². The van der Waals surface area contributed by atoms with Crippen molar-refractivity contribution in [2.24, 2.45) is 0 Å². The third-order valence-electron chi connectivity index (χ3n) is 5.19. The topological polar surface area (TPSA) is 17.1 Å². The van der Waals surface area contributed by atoms with E-state index in [0.717, 1.165) is 17.0 Å². The third kappa shape index (κ3) is 3.67. The van der Waals surface area contributed by atoms with E-state index < -0.39 is 7.14 Å². The fourth-order valence-electron chi connectivity index (χ4n) is 3.79. The maximum atomic E-state index is 13.8. The maximum absolute atomic E-state index is 13.8. The Balaban J connectivity index is 1.93. The van der Waals surface area contributed by atoms with Crippen molar-refractivity contribution in [2.75, 3.05) is 12.3 Å². The molecule has 2 heteroatoms. The maximum Gasteiger partial charge on any atom is 0.120 e. The molecule has 0 aromatic heterocycles.